The van der Waals surface area contributed by atoms with Gasteiger partial charge in [0.25, 0.3) is 0 Å². The molecule has 9 rings (SSSR count). The molecule has 208 valence electrons. The second kappa shape index (κ2) is 10.3. The molecule has 1 aliphatic rings. The van der Waals surface area contributed by atoms with Crippen molar-refractivity contribution < 1.29 is 0 Å². The predicted molar refractivity (Wildman–Crippen MR) is 189 cm³/mol. The number of hydrogen-bond donors (Lipinski definition) is 1. The van der Waals surface area contributed by atoms with E-state index >= 15 is 0 Å². The minimum absolute atomic E-state index is 0.232. The molecule has 2 aromatic heterocycles. The highest BCUT2D eigenvalue weighted by Crippen LogP contribution is 2.46. The second-order valence-corrected chi connectivity index (χ2v) is 13.1. The molecule has 0 spiro atoms. The number of aliphatic imine (C=N–C) groups is 2. The van der Waals surface area contributed by atoms with Gasteiger partial charge >= 0.3 is 0 Å². The quantitative estimate of drug-likeness (QED) is 0.215. The van der Waals surface area contributed by atoms with Gasteiger partial charge in [-0.05, 0) is 29.3 Å². The molecule has 3 nitrogen and oxygen atoms in total. The largest absolute Gasteiger partial charge is 0.344 e. The Balaban J connectivity index is 1.26. The van der Waals surface area contributed by atoms with Gasteiger partial charge in [0, 0.05) is 57.0 Å². The highest BCUT2D eigenvalue weighted by Gasteiger charge is 2.23. The van der Waals surface area contributed by atoms with E-state index in [1.165, 1.54) is 51.5 Å². The Hall–Kier alpha value is -5.10. The monoisotopic (exact) mass is 599 g/mol. The van der Waals surface area contributed by atoms with Crippen molar-refractivity contribution in [2.75, 3.05) is 0 Å². The number of hydrogen-bond acceptors (Lipinski definition) is 5. The van der Waals surface area contributed by atoms with E-state index in [2.05, 4.69) is 121 Å². The summed E-state index contributed by atoms with van der Waals surface area (Å²) in [5.74, 6) is 1.58. The number of benzene rings is 6. The molecule has 3 heterocycles. The fourth-order valence-corrected chi connectivity index (χ4v) is 8.79. The number of nitrogens with one attached hydrogen (secondary N) is 1. The Morgan fingerprint density at radius 1 is 0.500 bits per heavy atom. The second-order valence-electron chi connectivity index (χ2n) is 11.0. The minimum atomic E-state index is -0.232. The van der Waals surface area contributed by atoms with Gasteiger partial charge in [-0.1, -0.05) is 121 Å². The summed E-state index contributed by atoms with van der Waals surface area (Å²) in [5.41, 5.74) is 5.77. The molecule has 44 heavy (non-hydrogen) atoms. The van der Waals surface area contributed by atoms with Gasteiger partial charge in [0.15, 0.2) is 5.84 Å². The topological polar surface area (TPSA) is 36.8 Å². The van der Waals surface area contributed by atoms with E-state index in [0.717, 1.165) is 28.4 Å². The molecule has 0 saturated heterocycles. The molecule has 0 aliphatic carbocycles. The van der Waals surface area contributed by atoms with Crippen molar-refractivity contribution in [2.24, 2.45) is 9.98 Å². The summed E-state index contributed by atoms with van der Waals surface area (Å²) in [4.78, 5) is 10.3. The van der Waals surface area contributed by atoms with Crippen molar-refractivity contribution in [1.82, 2.24) is 5.32 Å². The average molecular weight is 600 g/mol. The molecule has 0 radical (unpaired) electrons. The molecule has 1 atom stereocenters. The number of rotatable bonds is 4. The van der Waals surface area contributed by atoms with Gasteiger partial charge in [-0.25, -0.2) is 9.98 Å². The first kappa shape index (κ1) is 25.4. The van der Waals surface area contributed by atoms with Crippen LogP contribution in [0.1, 0.15) is 22.9 Å². The van der Waals surface area contributed by atoms with Crippen LogP contribution in [0.2, 0.25) is 0 Å². The van der Waals surface area contributed by atoms with Crippen LogP contribution in [0.4, 0.5) is 0 Å². The number of nitrogens with zero attached hydrogens (tertiary/aromatic N) is 2. The Labute approximate surface area is 262 Å². The van der Waals surface area contributed by atoms with Gasteiger partial charge in [0.1, 0.15) is 12.0 Å². The van der Waals surface area contributed by atoms with E-state index in [0.29, 0.717) is 0 Å². The fraction of sp³-hybridized carbons (Fsp3) is 0.0256. The van der Waals surface area contributed by atoms with E-state index in [4.69, 9.17) is 9.98 Å². The van der Waals surface area contributed by atoms with Gasteiger partial charge in [-0.15, -0.1) is 22.7 Å². The lowest BCUT2D eigenvalue weighted by Gasteiger charge is -2.23. The van der Waals surface area contributed by atoms with Gasteiger partial charge in [-0.2, -0.15) is 0 Å². The molecule has 1 unspecified atom stereocenters. The normalized spacial score (nSPS) is 15.0. The maximum absolute atomic E-state index is 5.19. The van der Waals surface area contributed by atoms with Crippen LogP contribution in [-0.4, -0.2) is 11.7 Å². The van der Waals surface area contributed by atoms with E-state index in [1.54, 1.807) is 0 Å². The lowest BCUT2D eigenvalue weighted by molar-refractivity contribution is 0.674. The predicted octanol–water partition coefficient (Wildman–Crippen LogP) is 10.6. The van der Waals surface area contributed by atoms with Crippen LogP contribution in [0, 0.1) is 0 Å². The SMILES string of the molecule is c1ccc(C2=NC(c3cccc4c3sc3cccc(-c5cccc6c5sc5ccccc56)c34)=NC(c3ccccc3)N2)cc1. The first-order chi connectivity index (χ1) is 21.8. The summed E-state index contributed by atoms with van der Waals surface area (Å²) in [6.45, 7) is 0. The van der Waals surface area contributed by atoms with Crippen molar-refractivity contribution in [3.8, 4) is 11.1 Å². The van der Waals surface area contributed by atoms with Crippen LogP contribution in [-0.2, 0) is 0 Å². The molecular weight excluding hydrogens is 575 g/mol. The highest BCUT2D eigenvalue weighted by molar-refractivity contribution is 7.27. The third-order valence-corrected chi connectivity index (χ3v) is 10.8. The minimum Gasteiger partial charge on any atom is -0.344 e. The van der Waals surface area contributed by atoms with Crippen LogP contribution in [0.3, 0.4) is 0 Å². The number of thiophene rings is 2. The molecule has 0 saturated carbocycles. The van der Waals surface area contributed by atoms with Gasteiger partial charge in [-0.3, -0.25) is 0 Å². The summed E-state index contributed by atoms with van der Waals surface area (Å²) in [6, 6.07) is 49.5. The van der Waals surface area contributed by atoms with Crippen LogP contribution in [0.15, 0.2) is 150 Å². The van der Waals surface area contributed by atoms with E-state index < -0.39 is 0 Å². The van der Waals surface area contributed by atoms with Crippen LogP contribution < -0.4 is 5.32 Å². The zero-order valence-electron chi connectivity index (χ0n) is 23.6. The summed E-state index contributed by atoms with van der Waals surface area (Å²) in [6.07, 6.45) is -0.232. The van der Waals surface area contributed by atoms with Crippen molar-refractivity contribution in [3.05, 3.63) is 156 Å². The lowest BCUT2D eigenvalue weighted by atomic mass is 9.97. The molecule has 0 bridgehead atoms. The van der Waals surface area contributed by atoms with E-state index in [1.807, 2.05) is 46.9 Å². The van der Waals surface area contributed by atoms with Crippen molar-refractivity contribution in [1.29, 1.82) is 0 Å². The Morgan fingerprint density at radius 2 is 1.11 bits per heavy atom. The third-order valence-electron chi connectivity index (χ3n) is 8.36. The summed E-state index contributed by atoms with van der Waals surface area (Å²) in [5, 5.41) is 8.76. The Morgan fingerprint density at radius 3 is 1.98 bits per heavy atom. The first-order valence-electron chi connectivity index (χ1n) is 14.7. The maximum Gasteiger partial charge on any atom is 0.160 e. The average Bonchev–Trinajstić information content (AvgIpc) is 3.68. The smallest absolute Gasteiger partial charge is 0.160 e. The zero-order chi connectivity index (χ0) is 29.0. The molecule has 0 amide bonds. The summed E-state index contributed by atoms with van der Waals surface area (Å²) < 4.78 is 5.14. The maximum atomic E-state index is 5.19. The summed E-state index contributed by atoms with van der Waals surface area (Å²) >= 11 is 3.71. The molecule has 6 aromatic carbocycles. The zero-order valence-corrected chi connectivity index (χ0v) is 25.2. The molecule has 5 heteroatoms. The van der Waals surface area contributed by atoms with Gasteiger partial charge < -0.3 is 5.32 Å². The van der Waals surface area contributed by atoms with Crippen molar-refractivity contribution in [2.45, 2.75) is 6.17 Å². The molecule has 1 aliphatic heterocycles. The Kier molecular flexibility index (Phi) is 5.93. The van der Waals surface area contributed by atoms with Crippen LogP contribution >= 0.6 is 22.7 Å². The van der Waals surface area contributed by atoms with Gasteiger partial charge in [0.2, 0.25) is 0 Å². The third kappa shape index (κ3) is 4.08. The first-order valence-corrected chi connectivity index (χ1v) is 16.3. The standard InChI is InChI=1S/C39H25N3S2/c1-3-12-24(13-4-1)37-40-38(25-14-5-2-6-15-25)42-39(41-37)31-21-10-20-30-34-27(17-11-23-33(34)44-36(30)31)29-19-9-18-28-26-16-7-8-22-32(26)43-35(28)29/h1-23,37H,(H,40,41,42). The molecule has 0 fully saturated rings. The van der Waals surface area contributed by atoms with Crippen molar-refractivity contribution in [3.63, 3.8) is 0 Å². The van der Waals surface area contributed by atoms with Crippen molar-refractivity contribution >= 4 is 74.7 Å². The van der Waals surface area contributed by atoms with E-state index in [-0.39, 0.29) is 6.17 Å². The summed E-state index contributed by atoms with van der Waals surface area (Å²) in [7, 11) is 0. The fourth-order valence-electron chi connectivity index (χ4n) is 6.33. The van der Waals surface area contributed by atoms with Crippen LogP contribution in [0.5, 0.6) is 0 Å². The Bertz CT molecular complexity index is 2420. The molecule has 1 N–H and O–H groups in total. The highest BCUT2D eigenvalue weighted by atomic mass is 32.1. The number of fused-ring (bicyclic) bond motifs is 6. The van der Waals surface area contributed by atoms with E-state index in [9.17, 15) is 0 Å². The molecule has 8 aromatic rings. The van der Waals surface area contributed by atoms with Crippen LogP contribution in [0.25, 0.3) is 51.5 Å². The van der Waals surface area contributed by atoms with Gasteiger partial charge in [0.05, 0.1) is 0 Å². The molecular formula is C39H25N3S2. The lowest BCUT2D eigenvalue weighted by Crippen LogP contribution is -2.33. The number of amidine groups is 2.